The molecule has 0 saturated carbocycles. The number of hydrogen-bond acceptors (Lipinski definition) is 13. The molecule has 2 aliphatic rings. The first kappa shape index (κ1) is 28.0. The van der Waals surface area contributed by atoms with Gasteiger partial charge in [0.2, 0.25) is 0 Å². The molecule has 0 spiro atoms. The highest BCUT2D eigenvalue weighted by Crippen LogP contribution is 2.56. The summed E-state index contributed by atoms with van der Waals surface area (Å²) in [6.07, 6.45) is -10.1. The smallest absolute Gasteiger partial charge is 0.390 e. The summed E-state index contributed by atoms with van der Waals surface area (Å²) in [6, 6.07) is 1.22. The summed E-state index contributed by atoms with van der Waals surface area (Å²) in [5.74, 6) is -2.54. The molecule has 1 aliphatic heterocycles. The Morgan fingerprint density at radius 2 is 1.80 bits per heavy atom. The van der Waals surface area contributed by atoms with E-state index in [1.165, 1.54) is 6.07 Å². The van der Waals surface area contributed by atoms with Gasteiger partial charge in [0, 0.05) is 12.6 Å². The molecule has 10 N–H and O–H groups in total. The van der Waals surface area contributed by atoms with Gasteiger partial charge in [-0.25, -0.2) is 9.36 Å². The van der Waals surface area contributed by atoms with Crippen LogP contribution in [-0.2, 0) is 22.9 Å². The molecule has 0 radical (unpaired) electrons. The summed E-state index contributed by atoms with van der Waals surface area (Å²) < 4.78 is 39.7. The molecule has 17 nitrogen and oxygen atoms in total. The molecule has 1 aliphatic carbocycles. The van der Waals surface area contributed by atoms with E-state index in [0.717, 1.165) is 16.8 Å². The van der Waals surface area contributed by atoms with Gasteiger partial charge in [0.05, 0.1) is 12.7 Å². The number of anilines is 1. The Hall–Kier alpha value is -1.56. The van der Waals surface area contributed by atoms with E-state index in [1.807, 2.05) is 0 Å². The number of rotatable bonds is 8. The summed E-state index contributed by atoms with van der Waals surface area (Å²) in [5, 5.41) is 49.5. The van der Waals surface area contributed by atoms with Gasteiger partial charge in [-0.3, -0.25) is 18.2 Å². The van der Waals surface area contributed by atoms with Gasteiger partial charge in [-0.05, 0) is 11.6 Å². The van der Waals surface area contributed by atoms with E-state index in [2.05, 4.69) is 14.0 Å². The van der Waals surface area contributed by atoms with Crippen LogP contribution in [0, 0.1) is 0 Å². The summed E-state index contributed by atoms with van der Waals surface area (Å²) in [6.45, 7) is -0.934. The summed E-state index contributed by atoms with van der Waals surface area (Å²) >= 11 is 0. The van der Waals surface area contributed by atoms with Gasteiger partial charge in [0.15, 0.2) is 12.1 Å². The van der Waals surface area contributed by atoms with Gasteiger partial charge < -0.3 is 50.7 Å². The molecule has 0 bridgehead atoms. The van der Waals surface area contributed by atoms with Crippen molar-refractivity contribution in [1.29, 1.82) is 0 Å². The molecule has 198 valence electrons. The normalized spacial score (nSPS) is 34.3. The molecule has 3 rings (SSSR count). The van der Waals surface area contributed by atoms with E-state index in [1.54, 1.807) is 0 Å². The third kappa shape index (κ3) is 6.42. The van der Waals surface area contributed by atoms with Crippen molar-refractivity contribution in [2.45, 2.75) is 55.1 Å². The van der Waals surface area contributed by atoms with Gasteiger partial charge >= 0.3 is 21.1 Å². The Morgan fingerprint density at radius 3 is 2.37 bits per heavy atom. The van der Waals surface area contributed by atoms with E-state index < -0.39 is 88.4 Å². The first-order valence-electron chi connectivity index (χ1n) is 9.92. The van der Waals surface area contributed by atoms with Crippen LogP contribution >= 0.6 is 15.4 Å². The van der Waals surface area contributed by atoms with Crippen molar-refractivity contribution in [2.75, 3.05) is 12.3 Å². The van der Waals surface area contributed by atoms with Crippen molar-refractivity contribution in [2.24, 2.45) is 0 Å². The van der Waals surface area contributed by atoms with Crippen LogP contribution in [0.25, 0.3) is 0 Å². The number of nitrogens with zero attached hydrogens (tertiary/aromatic N) is 2. The van der Waals surface area contributed by atoms with Crippen LogP contribution in [0.15, 0.2) is 28.7 Å². The van der Waals surface area contributed by atoms with E-state index in [4.69, 9.17) is 10.5 Å². The number of phosphoric acid groups is 1. The second kappa shape index (κ2) is 10.4. The number of aliphatic hydroxyl groups excluding tert-OH is 5. The minimum absolute atomic E-state index is 0.111. The first-order valence-corrected chi connectivity index (χ1v) is 13.1. The lowest BCUT2D eigenvalue weighted by Gasteiger charge is -2.32. The predicted molar refractivity (Wildman–Crippen MR) is 112 cm³/mol. The number of ether oxygens (including phenoxy) is 1. The molecule has 19 heteroatoms. The highest BCUT2D eigenvalue weighted by Gasteiger charge is 2.47. The first-order chi connectivity index (χ1) is 16.1. The topological polar surface area (TPSA) is 285 Å². The van der Waals surface area contributed by atoms with Crippen molar-refractivity contribution >= 4 is 21.2 Å². The third-order valence-corrected chi connectivity index (χ3v) is 7.46. The molecule has 1 saturated heterocycles. The van der Waals surface area contributed by atoms with Crippen molar-refractivity contribution in [1.82, 2.24) is 9.55 Å². The van der Waals surface area contributed by atoms with Crippen LogP contribution in [-0.4, -0.2) is 98.8 Å². The zero-order chi connectivity index (χ0) is 26.3. The number of hydrogen-bond donors (Lipinski definition) is 9. The van der Waals surface area contributed by atoms with Crippen molar-refractivity contribution in [3.8, 4) is 0 Å². The van der Waals surface area contributed by atoms with Crippen LogP contribution in [0.2, 0.25) is 0 Å². The molecule has 0 aromatic carbocycles. The van der Waals surface area contributed by atoms with Gasteiger partial charge in [0.1, 0.15) is 36.3 Å². The Bertz CT molecular complexity index is 1110. The molecular weight excluding hydrogens is 520 g/mol. The molecule has 2 heterocycles. The Balaban J connectivity index is 1.71. The van der Waals surface area contributed by atoms with Gasteiger partial charge in [-0.2, -0.15) is 4.98 Å². The lowest BCUT2D eigenvalue weighted by atomic mass is 9.92. The van der Waals surface area contributed by atoms with Gasteiger partial charge in [-0.1, -0.05) is 6.08 Å². The van der Waals surface area contributed by atoms with Gasteiger partial charge in [0.25, 0.3) is 0 Å². The highest BCUT2D eigenvalue weighted by atomic mass is 31.2. The molecule has 35 heavy (non-hydrogen) atoms. The van der Waals surface area contributed by atoms with Crippen LogP contribution in [0.3, 0.4) is 0 Å². The van der Waals surface area contributed by atoms with Crippen LogP contribution < -0.4 is 11.4 Å². The maximum Gasteiger partial charge on any atom is 0.473 e. The number of aromatic nitrogens is 2. The van der Waals surface area contributed by atoms with E-state index >= 15 is 0 Å². The Labute approximate surface area is 196 Å². The second-order valence-corrected chi connectivity index (χ2v) is 10.9. The molecule has 1 fully saturated rings. The third-order valence-electron chi connectivity index (χ3n) is 5.29. The molecule has 1 aromatic heterocycles. The highest BCUT2D eigenvalue weighted by molar-refractivity contribution is 7.54. The SMILES string of the molecule is Nc1ccn([C@@H]2O[C@H](COP(=O)(O)O[C@@H](C3=C[C@@H](O)[C@@H](O)[C@H](O)C3)P(=O)(O)O)[C@@H](O)[C@H]2O)c(=O)n1. The fraction of sp³-hybridized carbons (Fsp3) is 0.625. The van der Waals surface area contributed by atoms with Crippen LogP contribution in [0.1, 0.15) is 12.6 Å². The summed E-state index contributed by atoms with van der Waals surface area (Å²) in [5.41, 5.74) is 4.00. The number of nitrogens with two attached hydrogens (primary N) is 1. The van der Waals surface area contributed by atoms with E-state index in [9.17, 15) is 54.1 Å². The fourth-order valence-corrected chi connectivity index (χ4v) is 5.80. The zero-order valence-electron chi connectivity index (χ0n) is 17.7. The lowest BCUT2D eigenvalue weighted by molar-refractivity contribution is -0.0565. The van der Waals surface area contributed by atoms with Crippen LogP contribution in [0.4, 0.5) is 5.82 Å². The molecule has 1 aromatic rings. The van der Waals surface area contributed by atoms with Crippen molar-refractivity contribution < 1.29 is 63.1 Å². The van der Waals surface area contributed by atoms with Crippen LogP contribution in [0.5, 0.6) is 0 Å². The largest absolute Gasteiger partial charge is 0.473 e. The minimum atomic E-state index is -5.33. The van der Waals surface area contributed by atoms with Crippen molar-refractivity contribution in [3.05, 3.63) is 34.4 Å². The zero-order valence-corrected chi connectivity index (χ0v) is 19.4. The fourth-order valence-electron chi connectivity index (χ4n) is 3.54. The maximum atomic E-state index is 12.4. The lowest BCUT2D eigenvalue weighted by Crippen LogP contribution is -2.41. The second-order valence-electron chi connectivity index (χ2n) is 7.89. The molecular formula is C16H25N3O14P2. The van der Waals surface area contributed by atoms with E-state index in [0.29, 0.717) is 0 Å². The van der Waals surface area contributed by atoms with Gasteiger partial charge in [-0.15, -0.1) is 0 Å². The number of phosphoric ester groups is 1. The molecule has 0 amide bonds. The van der Waals surface area contributed by atoms with E-state index in [-0.39, 0.29) is 5.82 Å². The minimum Gasteiger partial charge on any atom is -0.390 e. The summed E-state index contributed by atoms with van der Waals surface area (Å²) in [7, 11) is -10.6. The maximum absolute atomic E-state index is 12.4. The Morgan fingerprint density at radius 1 is 1.14 bits per heavy atom. The average Bonchev–Trinajstić information content (AvgIpc) is 3.02. The number of nitrogen functional groups attached to an aromatic ring is 1. The Kier molecular flexibility index (Phi) is 8.35. The monoisotopic (exact) mass is 545 g/mol. The average molecular weight is 545 g/mol. The number of aliphatic hydroxyl groups is 5. The quantitative estimate of drug-likeness (QED) is 0.113. The predicted octanol–water partition coefficient (Wildman–Crippen LogP) is -3.51. The summed E-state index contributed by atoms with van der Waals surface area (Å²) in [4.78, 5) is 44.6. The molecule has 9 atom stereocenters. The van der Waals surface area contributed by atoms with Crippen molar-refractivity contribution in [3.63, 3.8) is 0 Å². The molecule has 1 unspecified atom stereocenters. The standard InChI is InChI=1S/C16H25N3O14P2/c17-10-1-2-19(16(25)18-10)14-13(24)12(23)9(32-14)5-31-35(29,30)33-15(34(26,27)28)6-3-7(20)11(22)8(21)4-6/h1-3,7-9,11-15,20-24H,4-5H2,(H,29,30)(H2,17,18,25)(H2,26,27,28)/t7-,8-,9-,11-,12-,13-,14-,15-/m1/s1.